The van der Waals surface area contributed by atoms with Gasteiger partial charge in [-0.15, -0.1) is 0 Å². The maximum Gasteiger partial charge on any atom is 0.165 e. The predicted molar refractivity (Wildman–Crippen MR) is 28.2 cm³/mol. The predicted octanol–water partition coefficient (Wildman–Crippen LogP) is -0.630. The van der Waals surface area contributed by atoms with E-state index in [2.05, 4.69) is 5.32 Å². The molecule has 0 saturated heterocycles. The highest BCUT2D eigenvalue weighted by Crippen LogP contribution is 1.80. The topological polar surface area (TPSA) is 46.2 Å². The monoisotopic (exact) mass is 122 g/mol. The molecule has 0 fully saturated rings. The Morgan fingerprint density at radius 3 is 2.00 bits per heavy atom. The molecule has 0 aliphatic rings. The SMILES string of the molecule is CN[CH]S(C)(=O)=O. The number of sulfone groups is 1. The highest BCUT2D eigenvalue weighted by molar-refractivity contribution is 7.92. The summed E-state index contributed by atoms with van der Waals surface area (Å²) in [6.45, 7) is 0. The van der Waals surface area contributed by atoms with E-state index in [4.69, 9.17) is 0 Å². The molecule has 0 spiro atoms. The Balaban J connectivity index is 3.60. The van der Waals surface area contributed by atoms with Gasteiger partial charge in [0.25, 0.3) is 0 Å². The number of hydrogen-bond acceptors (Lipinski definition) is 3. The van der Waals surface area contributed by atoms with E-state index in [1.165, 1.54) is 0 Å². The van der Waals surface area contributed by atoms with Crippen molar-refractivity contribution in [3.05, 3.63) is 5.88 Å². The molecular weight excluding hydrogens is 114 g/mol. The molecule has 0 atom stereocenters. The summed E-state index contributed by atoms with van der Waals surface area (Å²) in [7, 11) is -1.37. The molecule has 7 heavy (non-hydrogen) atoms. The minimum atomic E-state index is -2.91. The van der Waals surface area contributed by atoms with Crippen molar-refractivity contribution in [3.8, 4) is 0 Å². The van der Waals surface area contributed by atoms with Gasteiger partial charge in [-0.05, 0) is 7.05 Å². The largest absolute Gasteiger partial charge is 0.302 e. The standard InChI is InChI=1S/C3H8NO2S/c1-4-3-7(2,5)6/h3-4H,1-2H3. The second-order valence-electron chi connectivity index (χ2n) is 1.24. The fourth-order valence-corrected chi connectivity index (χ4v) is 0.642. The Labute approximate surface area is 43.6 Å². The van der Waals surface area contributed by atoms with E-state index in [1.807, 2.05) is 0 Å². The molecule has 0 unspecified atom stereocenters. The van der Waals surface area contributed by atoms with Gasteiger partial charge in [0.1, 0.15) is 5.88 Å². The Bertz CT molecular complexity index is 126. The van der Waals surface area contributed by atoms with E-state index in [-0.39, 0.29) is 0 Å². The van der Waals surface area contributed by atoms with E-state index in [0.717, 1.165) is 12.1 Å². The molecule has 0 amide bonds. The molecule has 4 heteroatoms. The maximum absolute atomic E-state index is 10.1. The number of rotatable bonds is 2. The Morgan fingerprint density at radius 2 is 2.00 bits per heavy atom. The van der Waals surface area contributed by atoms with Gasteiger partial charge in [0, 0.05) is 6.26 Å². The lowest BCUT2D eigenvalue weighted by Gasteiger charge is -1.89. The summed E-state index contributed by atoms with van der Waals surface area (Å²) in [6, 6.07) is 0. The lowest BCUT2D eigenvalue weighted by Crippen LogP contribution is -2.09. The normalized spacial score (nSPS) is 11.7. The summed E-state index contributed by atoms with van der Waals surface area (Å²) in [4.78, 5) is 0. The van der Waals surface area contributed by atoms with Gasteiger partial charge < -0.3 is 5.32 Å². The maximum atomic E-state index is 10.1. The smallest absolute Gasteiger partial charge is 0.165 e. The van der Waals surface area contributed by atoms with Crippen LogP contribution in [0, 0.1) is 5.88 Å². The highest BCUT2D eigenvalue weighted by atomic mass is 32.2. The summed E-state index contributed by atoms with van der Waals surface area (Å²) in [6.07, 6.45) is 1.13. The minimum Gasteiger partial charge on any atom is -0.302 e. The van der Waals surface area contributed by atoms with E-state index in [1.54, 1.807) is 7.05 Å². The van der Waals surface area contributed by atoms with Crippen LogP contribution in [-0.4, -0.2) is 21.7 Å². The van der Waals surface area contributed by atoms with Crippen LogP contribution < -0.4 is 5.32 Å². The Morgan fingerprint density at radius 1 is 1.57 bits per heavy atom. The first-order valence-corrected chi connectivity index (χ1v) is 3.72. The minimum absolute atomic E-state index is 1.03. The van der Waals surface area contributed by atoms with Crippen LogP contribution >= 0.6 is 0 Å². The zero-order valence-electron chi connectivity index (χ0n) is 4.30. The molecule has 0 aromatic heterocycles. The molecule has 0 aliphatic carbocycles. The van der Waals surface area contributed by atoms with Crippen LogP contribution in [0.4, 0.5) is 0 Å². The van der Waals surface area contributed by atoms with Crippen LogP contribution in [0.3, 0.4) is 0 Å². The molecule has 0 aromatic carbocycles. The summed E-state index contributed by atoms with van der Waals surface area (Å²) >= 11 is 0. The molecule has 3 nitrogen and oxygen atoms in total. The van der Waals surface area contributed by atoms with Gasteiger partial charge in [0.2, 0.25) is 0 Å². The molecular formula is C3H8NO2S. The second-order valence-corrected chi connectivity index (χ2v) is 3.13. The van der Waals surface area contributed by atoms with Crippen molar-refractivity contribution in [2.45, 2.75) is 0 Å². The van der Waals surface area contributed by atoms with Gasteiger partial charge in [-0.2, -0.15) is 0 Å². The molecule has 0 heterocycles. The Kier molecular flexibility index (Phi) is 2.25. The molecule has 43 valence electrons. The zero-order chi connectivity index (χ0) is 5.91. The summed E-state index contributed by atoms with van der Waals surface area (Å²) in [5, 5.41) is 2.39. The first-order chi connectivity index (χ1) is 3.06. The molecule has 0 aliphatic heterocycles. The van der Waals surface area contributed by atoms with Crippen molar-refractivity contribution in [1.29, 1.82) is 0 Å². The average Bonchev–Trinajstić information content (AvgIpc) is 1.30. The fraction of sp³-hybridized carbons (Fsp3) is 0.667. The molecule has 0 rings (SSSR count). The third kappa shape index (κ3) is 5.91. The van der Waals surface area contributed by atoms with Gasteiger partial charge in [0.15, 0.2) is 9.84 Å². The highest BCUT2D eigenvalue weighted by Gasteiger charge is 1.96. The van der Waals surface area contributed by atoms with Crippen molar-refractivity contribution in [2.75, 3.05) is 13.3 Å². The van der Waals surface area contributed by atoms with Crippen molar-refractivity contribution >= 4 is 9.84 Å². The van der Waals surface area contributed by atoms with Crippen LogP contribution in [0.1, 0.15) is 0 Å². The van der Waals surface area contributed by atoms with Crippen molar-refractivity contribution < 1.29 is 8.42 Å². The third-order valence-electron chi connectivity index (χ3n) is 0.332. The van der Waals surface area contributed by atoms with E-state index >= 15 is 0 Å². The lowest BCUT2D eigenvalue weighted by molar-refractivity contribution is 0.604. The average molecular weight is 122 g/mol. The zero-order valence-corrected chi connectivity index (χ0v) is 5.12. The number of nitrogens with one attached hydrogen (secondary N) is 1. The van der Waals surface area contributed by atoms with E-state index in [9.17, 15) is 8.42 Å². The fourth-order valence-electron chi connectivity index (χ4n) is 0.214. The van der Waals surface area contributed by atoms with E-state index < -0.39 is 9.84 Å². The van der Waals surface area contributed by atoms with Gasteiger partial charge in [-0.25, -0.2) is 8.42 Å². The summed E-state index contributed by atoms with van der Waals surface area (Å²) in [5.74, 6) is 1.03. The van der Waals surface area contributed by atoms with Gasteiger partial charge in [0.05, 0.1) is 0 Å². The first-order valence-electron chi connectivity index (χ1n) is 1.77. The molecule has 1 N–H and O–H groups in total. The van der Waals surface area contributed by atoms with Crippen LogP contribution in [0.5, 0.6) is 0 Å². The van der Waals surface area contributed by atoms with Crippen LogP contribution in [0.2, 0.25) is 0 Å². The second kappa shape index (κ2) is 2.28. The summed E-state index contributed by atoms with van der Waals surface area (Å²) in [5.41, 5.74) is 0. The van der Waals surface area contributed by atoms with Crippen LogP contribution in [0.25, 0.3) is 0 Å². The first kappa shape index (κ1) is 6.91. The van der Waals surface area contributed by atoms with Gasteiger partial charge >= 0.3 is 0 Å². The van der Waals surface area contributed by atoms with Crippen molar-refractivity contribution in [2.24, 2.45) is 0 Å². The molecule has 0 aromatic rings. The van der Waals surface area contributed by atoms with Crippen LogP contribution in [-0.2, 0) is 9.84 Å². The van der Waals surface area contributed by atoms with Crippen LogP contribution in [0.15, 0.2) is 0 Å². The van der Waals surface area contributed by atoms with Crippen molar-refractivity contribution in [3.63, 3.8) is 0 Å². The summed E-state index contributed by atoms with van der Waals surface area (Å²) < 4.78 is 20.2. The van der Waals surface area contributed by atoms with Gasteiger partial charge in [-0.1, -0.05) is 0 Å². The quantitative estimate of drug-likeness (QED) is 0.530. The van der Waals surface area contributed by atoms with Gasteiger partial charge in [-0.3, -0.25) is 0 Å². The molecule has 0 saturated carbocycles. The molecule has 1 radical (unpaired) electrons. The van der Waals surface area contributed by atoms with E-state index in [0.29, 0.717) is 0 Å². The van der Waals surface area contributed by atoms with Crippen molar-refractivity contribution in [1.82, 2.24) is 5.32 Å². The number of hydrogen-bond donors (Lipinski definition) is 1. The third-order valence-corrected chi connectivity index (χ3v) is 0.996. The lowest BCUT2D eigenvalue weighted by atomic mass is 11.3. The molecule has 0 bridgehead atoms. The Hall–Kier alpha value is -0.0900.